The second kappa shape index (κ2) is 6.99. The zero-order chi connectivity index (χ0) is 15.5. The molecule has 1 atom stereocenters. The molecule has 1 unspecified atom stereocenters. The predicted octanol–water partition coefficient (Wildman–Crippen LogP) is 3.26. The molecule has 0 aromatic heterocycles. The van der Waals surface area contributed by atoms with Gasteiger partial charge in [-0.15, -0.1) is 0 Å². The van der Waals surface area contributed by atoms with E-state index in [1.165, 1.54) is 5.69 Å². The summed E-state index contributed by atoms with van der Waals surface area (Å²) < 4.78 is 0. The summed E-state index contributed by atoms with van der Waals surface area (Å²) in [7, 11) is 0. The van der Waals surface area contributed by atoms with Crippen LogP contribution in [0.5, 0.6) is 0 Å². The average Bonchev–Trinajstić information content (AvgIpc) is 2.45. The lowest BCUT2D eigenvalue weighted by molar-refractivity contribution is 0.0450. The average molecular weight is 311 g/mol. The molecule has 1 aromatic carbocycles. The fourth-order valence-corrected chi connectivity index (χ4v) is 2.75. The van der Waals surface area contributed by atoms with Crippen LogP contribution < -0.4 is 4.90 Å². The van der Waals surface area contributed by atoms with E-state index in [4.69, 9.17) is 11.6 Å². The third kappa shape index (κ3) is 4.87. The quantitative estimate of drug-likeness (QED) is 0.924. The summed E-state index contributed by atoms with van der Waals surface area (Å²) in [5, 5.41) is 10.9. The molecule has 0 amide bonds. The van der Waals surface area contributed by atoms with Crippen LogP contribution in [0.25, 0.3) is 0 Å². The molecule has 1 fully saturated rings. The maximum atomic E-state index is 10.1. The molecule has 1 aliphatic heterocycles. The van der Waals surface area contributed by atoms with Gasteiger partial charge in [-0.05, 0) is 36.1 Å². The molecular formula is C17H27ClN2O. The fraction of sp³-hybridized carbons (Fsp3) is 0.647. The van der Waals surface area contributed by atoms with Crippen LogP contribution in [0.2, 0.25) is 5.02 Å². The van der Waals surface area contributed by atoms with Gasteiger partial charge in [0.05, 0.1) is 6.10 Å². The molecule has 1 aromatic rings. The van der Waals surface area contributed by atoms with Crippen LogP contribution in [0.3, 0.4) is 0 Å². The van der Waals surface area contributed by atoms with Crippen LogP contribution in [0, 0.1) is 5.41 Å². The molecule has 0 bridgehead atoms. The number of rotatable bonds is 4. The molecular weight excluding hydrogens is 284 g/mol. The van der Waals surface area contributed by atoms with Gasteiger partial charge in [-0.3, -0.25) is 4.90 Å². The zero-order valence-corrected chi connectivity index (χ0v) is 14.1. The van der Waals surface area contributed by atoms with Gasteiger partial charge in [-0.1, -0.05) is 32.4 Å². The lowest BCUT2D eigenvalue weighted by atomic mass is 9.87. The number of halogens is 1. The summed E-state index contributed by atoms with van der Waals surface area (Å²) in [6, 6.07) is 8.06. The molecule has 0 saturated carbocycles. The Hall–Kier alpha value is -0.770. The van der Waals surface area contributed by atoms with Crippen molar-refractivity contribution in [3.05, 3.63) is 29.3 Å². The van der Waals surface area contributed by atoms with E-state index in [2.05, 4.69) is 42.7 Å². The van der Waals surface area contributed by atoms with Crippen molar-refractivity contribution in [2.24, 2.45) is 5.41 Å². The summed E-state index contributed by atoms with van der Waals surface area (Å²) >= 11 is 5.93. The molecule has 2 rings (SSSR count). The topological polar surface area (TPSA) is 26.7 Å². The van der Waals surface area contributed by atoms with Gasteiger partial charge in [0.15, 0.2) is 0 Å². The monoisotopic (exact) mass is 310 g/mol. The number of nitrogens with zero attached hydrogens (tertiary/aromatic N) is 2. The highest BCUT2D eigenvalue weighted by atomic mass is 35.5. The van der Waals surface area contributed by atoms with Crippen LogP contribution in [0.15, 0.2) is 24.3 Å². The van der Waals surface area contributed by atoms with Gasteiger partial charge < -0.3 is 10.0 Å². The van der Waals surface area contributed by atoms with Gasteiger partial charge in [0.1, 0.15) is 0 Å². The summed E-state index contributed by atoms with van der Waals surface area (Å²) in [6.07, 6.45) is 0.622. The van der Waals surface area contributed by atoms with Crippen LogP contribution in [-0.4, -0.2) is 48.8 Å². The van der Waals surface area contributed by atoms with Crippen LogP contribution >= 0.6 is 11.6 Å². The minimum Gasteiger partial charge on any atom is -0.393 e. The Labute approximate surface area is 133 Å². The van der Waals surface area contributed by atoms with Crippen molar-refractivity contribution in [3.8, 4) is 0 Å². The molecule has 21 heavy (non-hydrogen) atoms. The lowest BCUT2D eigenvalue weighted by Crippen LogP contribution is -2.47. The maximum absolute atomic E-state index is 10.1. The lowest BCUT2D eigenvalue weighted by Gasteiger charge is -2.37. The number of aliphatic hydroxyl groups excluding tert-OH is 1. The van der Waals surface area contributed by atoms with Crippen molar-refractivity contribution in [3.63, 3.8) is 0 Å². The smallest absolute Gasteiger partial charge is 0.0600 e. The van der Waals surface area contributed by atoms with E-state index in [0.29, 0.717) is 0 Å². The van der Waals surface area contributed by atoms with Crippen molar-refractivity contribution in [1.82, 2.24) is 4.90 Å². The third-order valence-electron chi connectivity index (χ3n) is 4.28. The first-order valence-electron chi connectivity index (χ1n) is 7.77. The second-order valence-electron chi connectivity index (χ2n) is 6.98. The van der Waals surface area contributed by atoms with Gasteiger partial charge in [-0.25, -0.2) is 0 Å². The van der Waals surface area contributed by atoms with Gasteiger partial charge in [-0.2, -0.15) is 0 Å². The second-order valence-corrected chi connectivity index (χ2v) is 7.41. The Kier molecular flexibility index (Phi) is 5.53. The summed E-state index contributed by atoms with van der Waals surface area (Å²) in [5.41, 5.74) is 1.22. The van der Waals surface area contributed by atoms with E-state index in [-0.39, 0.29) is 11.5 Å². The van der Waals surface area contributed by atoms with Crippen molar-refractivity contribution in [2.75, 3.05) is 37.6 Å². The normalized spacial score (nSPS) is 18.8. The van der Waals surface area contributed by atoms with Crippen molar-refractivity contribution in [1.29, 1.82) is 0 Å². The van der Waals surface area contributed by atoms with E-state index in [1.807, 2.05) is 12.1 Å². The highest BCUT2D eigenvalue weighted by molar-refractivity contribution is 6.30. The number of piperazine rings is 1. The number of hydrogen-bond acceptors (Lipinski definition) is 3. The highest BCUT2D eigenvalue weighted by Crippen LogP contribution is 2.23. The summed E-state index contributed by atoms with van der Waals surface area (Å²) in [5.74, 6) is 0. The molecule has 1 N–H and O–H groups in total. The maximum Gasteiger partial charge on any atom is 0.0600 e. The van der Waals surface area contributed by atoms with Crippen LogP contribution in [0.1, 0.15) is 27.2 Å². The number of anilines is 1. The Morgan fingerprint density at radius 3 is 2.19 bits per heavy atom. The summed E-state index contributed by atoms with van der Waals surface area (Å²) in [6.45, 7) is 11.4. The molecule has 0 radical (unpaired) electrons. The standard InChI is InChI=1S/C17H27ClN2O/c1-17(2,3)16(21)8-9-19-10-12-20(13-11-19)15-6-4-14(18)5-7-15/h4-7,16,21H,8-13H2,1-3H3. The Morgan fingerprint density at radius 2 is 1.67 bits per heavy atom. The minimum atomic E-state index is -0.230. The number of hydrogen-bond donors (Lipinski definition) is 1. The fourth-order valence-electron chi connectivity index (χ4n) is 2.62. The molecule has 1 heterocycles. The first-order valence-corrected chi connectivity index (χ1v) is 8.15. The minimum absolute atomic E-state index is 0.0227. The highest BCUT2D eigenvalue weighted by Gasteiger charge is 2.24. The number of benzene rings is 1. The molecule has 1 saturated heterocycles. The van der Waals surface area contributed by atoms with E-state index >= 15 is 0 Å². The van der Waals surface area contributed by atoms with E-state index in [1.54, 1.807) is 0 Å². The van der Waals surface area contributed by atoms with Gasteiger partial charge >= 0.3 is 0 Å². The summed E-state index contributed by atoms with van der Waals surface area (Å²) in [4.78, 5) is 4.84. The largest absolute Gasteiger partial charge is 0.393 e. The van der Waals surface area contributed by atoms with Crippen LogP contribution in [-0.2, 0) is 0 Å². The number of aliphatic hydroxyl groups is 1. The molecule has 3 nitrogen and oxygen atoms in total. The van der Waals surface area contributed by atoms with Gasteiger partial charge in [0, 0.05) is 43.4 Å². The van der Waals surface area contributed by atoms with E-state index in [9.17, 15) is 5.11 Å². The first-order chi connectivity index (χ1) is 9.86. The van der Waals surface area contributed by atoms with Crippen molar-refractivity contribution in [2.45, 2.75) is 33.3 Å². The van der Waals surface area contributed by atoms with E-state index < -0.39 is 0 Å². The van der Waals surface area contributed by atoms with Crippen molar-refractivity contribution >= 4 is 17.3 Å². The molecule has 0 aliphatic carbocycles. The Balaban J connectivity index is 1.77. The van der Waals surface area contributed by atoms with Crippen LogP contribution in [0.4, 0.5) is 5.69 Å². The Morgan fingerprint density at radius 1 is 1.10 bits per heavy atom. The van der Waals surface area contributed by atoms with Crippen molar-refractivity contribution < 1.29 is 5.11 Å². The molecule has 1 aliphatic rings. The Bertz CT molecular complexity index is 433. The molecule has 4 heteroatoms. The SMILES string of the molecule is CC(C)(C)C(O)CCN1CCN(c2ccc(Cl)cc2)CC1. The van der Waals surface area contributed by atoms with E-state index in [0.717, 1.165) is 44.2 Å². The predicted molar refractivity (Wildman–Crippen MR) is 90.2 cm³/mol. The van der Waals surface area contributed by atoms with Gasteiger partial charge in [0.2, 0.25) is 0 Å². The van der Waals surface area contributed by atoms with Gasteiger partial charge in [0.25, 0.3) is 0 Å². The molecule has 118 valence electrons. The zero-order valence-electron chi connectivity index (χ0n) is 13.3. The molecule has 0 spiro atoms. The third-order valence-corrected chi connectivity index (χ3v) is 4.53. The first kappa shape index (κ1) is 16.6.